The molecule has 0 amide bonds. The molecule has 1 aromatic heterocycles. The Morgan fingerprint density at radius 1 is 0.935 bits per heavy atom. The topological polar surface area (TPSA) is 90.1 Å². The van der Waals surface area contributed by atoms with Crippen LogP contribution in [0.15, 0.2) is 59.4 Å². The number of anilines is 2. The van der Waals surface area contributed by atoms with E-state index in [2.05, 4.69) is 10.3 Å². The standard InChI is InChI=1S/C18H10F6N4O3/c19-17(20,21)12-8-11(28(30)31)6-7-13(12)25-16-26-14(18(22,23)24)9-15(29)27(16)10-4-2-1-3-5-10/h1-9H,(H,25,26). The summed E-state index contributed by atoms with van der Waals surface area (Å²) < 4.78 is 80.4. The van der Waals surface area contributed by atoms with Crippen LogP contribution in [0.4, 0.5) is 43.7 Å². The predicted octanol–water partition coefficient (Wildman–Crippen LogP) is 4.92. The van der Waals surface area contributed by atoms with Crippen molar-refractivity contribution in [2.75, 3.05) is 5.32 Å². The molecule has 0 aliphatic rings. The summed E-state index contributed by atoms with van der Waals surface area (Å²) in [7, 11) is 0. The number of rotatable bonds is 4. The van der Waals surface area contributed by atoms with Crippen LogP contribution in [0.25, 0.3) is 5.69 Å². The van der Waals surface area contributed by atoms with Crippen LogP contribution in [0.1, 0.15) is 11.3 Å². The maximum Gasteiger partial charge on any atom is 0.433 e. The number of aromatic nitrogens is 2. The minimum Gasteiger partial charge on any atom is -0.325 e. The number of halogens is 6. The van der Waals surface area contributed by atoms with Crippen molar-refractivity contribution in [1.29, 1.82) is 0 Å². The van der Waals surface area contributed by atoms with Gasteiger partial charge in [0.15, 0.2) is 5.69 Å². The highest BCUT2D eigenvalue weighted by Gasteiger charge is 2.37. The number of alkyl halides is 6. The van der Waals surface area contributed by atoms with Crippen molar-refractivity contribution in [2.45, 2.75) is 12.4 Å². The van der Waals surface area contributed by atoms with Crippen LogP contribution in [0, 0.1) is 10.1 Å². The van der Waals surface area contributed by atoms with E-state index < -0.39 is 51.4 Å². The fourth-order valence-electron chi connectivity index (χ4n) is 2.65. The van der Waals surface area contributed by atoms with E-state index in [1.807, 2.05) is 0 Å². The highest BCUT2D eigenvalue weighted by Crippen LogP contribution is 2.38. The SMILES string of the molecule is O=c1cc(C(F)(F)F)nc(Nc2ccc([N+](=O)[O-])cc2C(F)(F)F)n1-c1ccccc1. The normalized spacial score (nSPS) is 11.9. The molecule has 0 fully saturated rings. The van der Waals surface area contributed by atoms with Crippen molar-refractivity contribution in [3.63, 3.8) is 0 Å². The van der Waals surface area contributed by atoms with Crippen LogP contribution in [0.2, 0.25) is 0 Å². The maximum absolute atomic E-state index is 13.4. The van der Waals surface area contributed by atoms with Crippen molar-refractivity contribution < 1.29 is 31.3 Å². The average Bonchev–Trinajstić information content (AvgIpc) is 2.67. The summed E-state index contributed by atoms with van der Waals surface area (Å²) in [4.78, 5) is 25.4. The van der Waals surface area contributed by atoms with Crippen molar-refractivity contribution >= 4 is 17.3 Å². The third-order valence-corrected chi connectivity index (χ3v) is 3.99. The fourth-order valence-corrected chi connectivity index (χ4v) is 2.65. The summed E-state index contributed by atoms with van der Waals surface area (Å²) in [5.41, 5.74) is -6.02. The number of nitro groups is 1. The van der Waals surface area contributed by atoms with Gasteiger partial charge in [-0.3, -0.25) is 14.9 Å². The van der Waals surface area contributed by atoms with E-state index in [0.717, 1.165) is 6.07 Å². The van der Waals surface area contributed by atoms with Crippen molar-refractivity contribution in [2.24, 2.45) is 0 Å². The van der Waals surface area contributed by atoms with Gasteiger partial charge in [0.05, 0.1) is 21.9 Å². The molecule has 0 aliphatic heterocycles. The minimum atomic E-state index is -5.09. The van der Waals surface area contributed by atoms with Crippen LogP contribution < -0.4 is 10.9 Å². The molecule has 162 valence electrons. The van der Waals surface area contributed by atoms with Gasteiger partial charge in [0, 0.05) is 18.2 Å². The zero-order chi connectivity index (χ0) is 23.0. The molecule has 0 saturated carbocycles. The largest absolute Gasteiger partial charge is 0.433 e. The van der Waals surface area contributed by atoms with Crippen LogP contribution in [-0.4, -0.2) is 14.5 Å². The van der Waals surface area contributed by atoms with Crippen molar-refractivity contribution in [3.8, 4) is 5.69 Å². The molecule has 3 aromatic rings. The number of hydrogen-bond acceptors (Lipinski definition) is 5. The first-order chi connectivity index (χ1) is 14.4. The molecule has 2 aromatic carbocycles. The molecule has 0 bridgehead atoms. The van der Waals surface area contributed by atoms with Crippen molar-refractivity contribution in [3.05, 3.63) is 86.3 Å². The molecule has 3 rings (SSSR count). The van der Waals surface area contributed by atoms with Gasteiger partial charge in [-0.25, -0.2) is 9.55 Å². The van der Waals surface area contributed by atoms with Gasteiger partial charge < -0.3 is 5.32 Å². The zero-order valence-corrected chi connectivity index (χ0v) is 15.0. The van der Waals surface area contributed by atoms with E-state index in [1.165, 1.54) is 24.3 Å². The second kappa shape index (κ2) is 7.74. The quantitative estimate of drug-likeness (QED) is 0.351. The van der Waals surface area contributed by atoms with Gasteiger partial charge in [-0.1, -0.05) is 18.2 Å². The number of nitrogens with zero attached hydrogens (tertiary/aromatic N) is 3. The first kappa shape index (κ1) is 21.8. The molecule has 0 unspecified atom stereocenters. The number of nitro benzene ring substituents is 1. The van der Waals surface area contributed by atoms with E-state index >= 15 is 0 Å². The molecule has 0 atom stereocenters. The molecule has 31 heavy (non-hydrogen) atoms. The molecule has 0 spiro atoms. The molecule has 7 nitrogen and oxygen atoms in total. The number of para-hydroxylation sites is 1. The second-order valence-corrected chi connectivity index (χ2v) is 6.08. The summed E-state index contributed by atoms with van der Waals surface area (Å²) in [6, 6.07) is 8.96. The lowest BCUT2D eigenvalue weighted by Crippen LogP contribution is -2.26. The monoisotopic (exact) mass is 444 g/mol. The van der Waals surface area contributed by atoms with E-state index in [1.54, 1.807) is 6.07 Å². The molecule has 1 heterocycles. The van der Waals surface area contributed by atoms with Crippen LogP contribution in [0.3, 0.4) is 0 Å². The Balaban J connectivity index is 2.24. The Labute approximate surface area is 168 Å². The van der Waals surface area contributed by atoms with Gasteiger partial charge in [0.2, 0.25) is 5.95 Å². The summed E-state index contributed by atoms with van der Waals surface area (Å²) in [5, 5.41) is 12.9. The summed E-state index contributed by atoms with van der Waals surface area (Å²) in [6.45, 7) is 0. The summed E-state index contributed by atoms with van der Waals surface area (Å²) in [6.07, 6.45) is -10.1. The molecule has 13 heteroatoms. The number of benzene rings is 2. The van der Waals surface area contributed by atoms with Gasteiger partial charge in [0.1, 0.15) is 0 Å². The highest BCUT2D eigenvalue weighted by atomic mass is 19.4. The first-order valence-electron chi connectivity index (χ1n) is 8.27. The second-order valence-electron chi connectivity index (χ2n) is 6.08. The summed E-state index contributed by atoms with van der Waals surface area (Å²) >= 11 is 0. The maximum atomic E-state index is 13.4. The van der Waals surface area contributed by atoms with E-state index in [-0.39, 0.29) is 17.8 Å². The Bertz CT molecular complexity index is 1190. The van der Waals surface area contributed by atoms with Gasteiger partial charge >= 0.3 is 12.4 Å². The van der Waals surface area contributed by atoms with Gasteiger partial charge in [-0.05, 0) is 18.2 Å². The minimum absolute atomic E-state index is 0.0340. The number of nitrogens with one attached hydrogen (secondary N) is 1. The molecule has 1 N–H and O–H groups in total. The lowest BCUT2D eigenvalue weighted by atomic mass is 10.1. The molecular formula is C18H10F6N4O3. The lowest BCUT2D eigenvalue weighted by Gasteiger charge is -2.18. The average molecular weight is 444 g/mol. The van der Waals surface area contributed by atoms with Gasteiger partial charge in [0.25, 0.3) is 11.2 Å². The van der Waals surface area contributed by atoms with E-state index in [0.29, 0.717) is 10.6 Å². The Hall–Kier alpha value is -3.90. The Morgan fingerprint density at radius 3 is 2.13 bits per heavy atom. The van der Waals surface area contributed by atoms with Crippen LogP contribution in [0.5, 0.6) is 0 Å². The molecular weight excluding hydrogens is 434 g/mol. The van der Waals surface area contributed by atoms with Gasteiger partial charge in [-0.2, -0.15) is 26.3 Å². The van der Waals surface area contributed by atoms with Crippen LogP contribution >= 0.6 is 0 Å². The van der Waals surface area contributed by atoms with E-state index in [4.69, 9.17) is 0 Å². The zero-order valence-electron chi connectivity index (χ0n) is 15.0. The number of hydrogen-bond donors (Lipinski definition) is 1. The van der Waals surface area contributed by atoms with Crippen molar-refractivity contribution in [1.82, 2.24) is 9.55 Å². The van der Waals surface area contributed by atoms with E-state index in [9.17, 15) is 41.3 Å². The van der Waals surface area contributed by atoms with Gasteiger partial charge in [-0.15, -0.1) is 0 Å². The summed E-state index contributed by atoms with van der Waals surface area (Å²) in [5.74, 6) is -0.856. The Morgan fingerprint density at radius 2 is 1.58 bits per heavy atom. The number of non-ortho nitro benzene ring substituents is 1. The van der Waals surface area contributed by atoms with Crippen LogP contribution in [-0.2, 0) is 12.4 Å². The molecule has 0 aliphatic carbocycles. The lowest BCUT2D eigenvalue weighted by molar-refractivity contribution is -0.385. The third-order valence-electron chi connectivity index (χ3n) is 3.99. The molecule has 0 radical (unpaired) electrons. The fraction of sp³-hybridized carbons (Fsp3) is 0.111. The molecule has 0 saturated heterocycles. The third kappa shape index (κ3) is 4.65. The predicted molar refractivity (Wildman–Crippen MR) is 96.2 cm³/mol. The smallest absolute Gasteiger partial charge is 0.325 e. The Kier molecular flexibility index (Phi) is 5.44. The first-order valence-corrected chi connectivity index (χ1v) is 8.27. The highest BCUT2D eigenvalue weighted by molar-refractivity contribution is 5.64.